The summed E-state index contributed by atoms with van der Waals surface area (Å²) in [4.78, 5) is 8.43. The molecule has 0 radical (unpaired) electrons. The average molecular weight is 215 g/mol. The predicted molar refractivity (Wildman–Crippen MR) is 62.3 cm³/mol. The van der Waals surface area contributed by atoms with Crippen LogP contribution in [0.3, 0.4) is 0 Å². The molecule has 1 unspecified atom stereocenters. The van der Waals surface area contributed by atoms with Gasteiger partial charge in [0.15, 0.2) is 16.9 Å². The second-order valence-electron chi connectivity index (χ2n) is 3.42. The van der Waals surface area contributed by atoms with E-state index in [9.17, 15) is 0 Å². The Labute approximate surface area is 88.6 Å². The molecular formula is C8H17N5S. The van der Waals surface area contributed by atoms with Crippen LogP contribution in [0.1, 0.15) is 13.8 Å². The lowest BCUT2D eigenvalue weighted by atomic mass is 10.1. The molecule has 0 aromatic rings. The zero-order valence-corrected chi connectivity index (χ0v) is 9.77. The Balaban J connectivity index is 2.98. The van der Waals surface area contributed by atoms with Gasteiger partial charge < -0.3 is 10.6 Å². The quantitative estimate of drug-likeness (QED) is 0.582. The molecule has 0 bridgehead atoms. The number of amidine groups is 1. The Morgan fingerprint density at radius 1 is 1.57 bits per heavy atom. The highest BCUT2D eigenvalue weighted by molar-refractivity contribution is 8.13. The smallest absolute Gasteiger partial charge is 0.200 e. The number of guanidine groups is 1. The first-order valence-corrected chi connectivity index (χ1v) is 5.69. The van der Waals surface area contributed by atoms with E-state index in [1.165, 1.54) is 11.8 Å². The van der Waals surface area contributed by atoms with Crippen LogP contribution >= 0.6 is 11.8 Å². The van der Waals surface area contributed by atoms with E-state index in [0.717, 1.165) is 5.17 Å². The maximum Gasteiger partial charge on any atom is 0.200 e. The Kier molecular flexibility index (Phi) is 3.38. The van der Waals surface area contributed by atoms with Gasteiger partial charge in [0.05, 0.1) is 0 Å². The van der Waals surface area contributed by atoms with Crippen molar-refractivity contribution in [3.05, 3.63) is 0 Å². The monoisotopic (exact) mass is 215 g/mol. The van der Waals surface area contributed by atoms with E-state index in [-0.39, 0.29) is 5.92 Å². The van der Waals surface area contributed by atoms with Gasteiger partial charge in [-0.05, 0) is 6.26 Å². The van der Waals surface area contributed by atoms with Gasteiger partial charge in [-0.25, -0.2) is 4.99 Å². The van der Waals surface area contributed by atoms with Gasteiger partial charge in [-0.3, -0.25) is 10.7 Å². The molecule has 0 aromatic carbocycles. The molecule has 80 valence electrons. The highest BCUT2D eigenvalue weighted by atomic mass is 32.2. The molecule has 1 aliphatic rings. The van der Waals surface area contributed by atoms with Crippen LogP contribution in [-0.2, 0) is 0 Å². The molecule has 1 aliphatic heterocycles. The first-order valence-electron chi connectivity index (χ1n) is 4.46. The number of nitrogens with zero attached hydrogens (tertiary/aromatic N) is 2. The molecule has 0 aromatic heterocycles. The molecular weight excluding hydrogens is 198 g/mol. The zero-order chi connectivity index (χ0) is 10.8. The Morgan fingerprint density at radius 2 is 2.21 bits per heavy atom. The normalized spacial score (nSPS) is 29.9. The molecule has 14 heavy (non-hydrogen) atoms. The third kappa shape index (κ3) is 2.19. The lowest BCUT2D eigenvalue weighted by molar-refractivity contribution is 0.291. The SMILES string of the molecule is CN=C1NC(SC)=NC(N)(C(C)C)N1. The fourth-order valence-corrected chi connectivity index (χ4v) is 1.47. The molecule has 0 saturated heterocycles. The highest BCUT2D eigenvalue weighted by Gasteiger charge is 2.33. The molecule has 6 heteroatoms. The predicted octanol–water partition coefficient (Wildman–Crippen LogP) is 0.153. The van der Waals surface area contributed by atoms with E-state index in [4.69, 9.17) is 5.73 Å². The van der Waals surface area contributed by atoms with Crippen LogP contribution in [0.5, 0.6) is 0 Å². The van der Waals surface area contributed by atoms with Gasteiger partial charge in [0.2, 0.25) is 0 Å². The van der Waals surface area contributed by atoms with Crippen molar-refractivity contribution in [3.8, 4) is 0 Å². The van der Waals surface area contributed by atoms with Gasteiger partial charge in [0.25, 0.3) is 0 Å². The van der Waals surface area contributed by atoms with Crippen molar-refractivity contribution in [3.63, 3.8) is 0 Å². The molecule has 1 rings (SSSR count). The second-order valence-corrected chi connectivity index (χ2v) is 4.22. The Hall–Kier alpha value is -0.750. The second kappa shape index (κ2) is 4.18. The van der Waals surface area contributed by atoms with Gasteiger partial charge in [-0.15, -0.1) is 0 Å². The summed E-state index contributed by atoms with van der Waals surface area (Å²) in [7, 11) is 1.71. The van der Waals surface area contributed by atoms with Crippen molar-refractivity contribution in [1.82, 2.24) is 10.6 Å². The van der Waals surface area contributed by atoms with E-state index in [2.05, 4.69) is 20.6 Å². The maximum atomic E-state index is 6.10. The number of thioether (sulfide) groups is 1. The zero-order valence-electron chi connectivity index (χ0n) is 8.96. The summed E-state index contributed by atoms with van der Waals surface area (Å²) in [5.41, 5.74) is 6.10. The van der Waals surface area contributed by atoms with Crippen LogP contribution in [0.25, 0.3) is 0 Å². The van der Waals surface area contributed by atoms with E-state index < -0.39 is 5.79 Å². The molecule has 0 saturated carbocycles. The van der Waals surface area contributed by atoms with E-state index in [1.807, 2.05) is 20.1 Å². The Bertz CT molecular complexity index is 273. The van der Waals surface area contributed by atoms with Crippen molar-refractivity contribution in [2.24, 2.45) is 21.6 Å². The topological polar surface area (TPSA) is 74.8 Å². The van der Waals surface area contributed by atoms with Crippen LogP contribution in [0, 0.1) is 5.92 Å². The van der Waals surface area contributed by atoms with Crippen LogP contribution < -0.4 is 16.4 Å². The van der Waals surface area contributed by atoms with E-state index >= 15 is 0 Å². The molecule has 1 heterocycles. The summed E-state index contributed by atoms with van der Waals surface area (Å²) in [6.07, 6.45) is 1.95. The summed E-state index contributed by atoms with van der Waals surface area (Å²) in [6.45, 7) is 4.04. The minimum Gasteiger partial charge on any atom is -0.319 e. The van der Waals surface area contributed by atoms with Gasteiger partial charge in [0.1, 0.15) is 0 Å². The maximum absolute atomic E-state index is 6.10. The number of nitrogens with two attached hydrogens (primary N) is 1. The molecule has 4 N–H and O–H groups in total. The van der Waals surface area contributed by atoms with E-state index in [0.29, 0.717) is 5.96 Å². The average Bonchev–Trinajstić information content (AvgIpc) is 2.16. The minimum atomic E-state index is -0.752. The van der Waals surface area contributed by atoms with Crippen molar-refractivity contribution in [2.75, 3.05) is 13.3 Å². The minimum absolute atomic E-state index is 0.198. The molecule has 1 atom stereocenters. The molecule has 0 fully saturated rings. The molecule has 0 aliphatic carbocycles. The summed E-state index contributed by atoms with van der Waals surface area (Å²) in [5.74, 6) is 0.113. The number of hydrogen-bond donors (Lipinski definition) is 3. The first-order chi connectivity index (χ1) is 6.51. The summed E-state index contributed by atoms with van der Waals surface area (Å²) >= 11 is 1.52. The van der Waals surface area contributed by atoms with Gasteiger partial charge in [-0.2, -0.15) is 0 Å². The van der Waals surface area contributed by atoms with Gasteiger partial charge in [0, 0.05) is 13.0 Å². The third-order valence-corrected chi connectivity index (χ3v) is 2.71. The van der Waals surface area contributed by atoms with Crippen molar-refractivity contribution >= 4 is 22.9 Å². The van der Waals surface area contributed by atoms with Crippen LogP contribution in [0.4, 0.5) is 0 Å². The third-order valence-electron chi connectivity index (χ3n) is 2.13. The largest absolute Gasteiger partial charge is 0.319 e. The first kappa shape index (κ1) is 11.3. The fourth-order valence-electron chi connectivity index (χ4n) is 1.03. The van der Waals surface area contributed by atoms with Crippen LogP contribution in [0.15, 0.2) is 9.98 Å². The van der Waals surface area contributed by atoms with Crippen LogP contribution in [-0.4, -0.2) is 30.2 Å². The Morgan fingerprint density at radius 3 is 2.64 bits per heavy atom. The molecule has 5 nitrogen and oxygen atoms in total. The number of hydrogen-bond acceptors (Lipinski definition) is 4. The van der Waals surface area contributed by atoms with Crippen molar-refractivity contribution in [2.45, 2.75) is 19.6 Å². The number of aliphatic imine (C=N–C) groups is 2. The van der Waals surface area contributed by atoms with Crippen molar-refractivity contribution < 1.29 is 0 Å². The van der Waals surface area contributed by atoms with Crippen molar-refractivity contribution in [1.29, 1.82) is 0 Å². The number of rotatable bonds is 1. The van der Waals surface area contributed by atoms with Gasteiger partial charge in [-0.1, -0.05) is 25.6 Å². The highest BCUT2D eigenvalue weighted by Crippen LogP contribution is 2.16. The van der Waals surface area contributed by atoms with Crippen LogP contribution in [0.2, 0.25) is 0 Å². The molecule has 0 spiro atoms. The standard InChI is InChI=1S/C8H17N5S/c1-5(2)8(9)12-6(10-3)11-7(13-8)14-4/h5H,9H2,1-4H3,(H2,10,11,12,13). The number of nitrogens with one attached hydrogen (secondary N) is 2. The summed E-state index contributed by atoms with van der Waals surface area (Å²) < 4.78 is 0. The lowest BCUT2D eigenvalue weighted by Gasteiger charge is -2.36. The fraction of sp³-hybridized carbons (Fsp3) is 0.750. The summed E-state index contributed by atoms with van der Waals surface area (Å²) in [5, 5.41) is 6.89. The summed E-state index contributed by atoms with van der Waals surface area (Å²) in [6, 6.07) is 0. The van der Waals surface area contributed by atoms with E-state index in [1.54, 1.807) is 7.05 Å². The molecule has 0 amide bonds. The van der Waals surface area contributed by atoms with Gasteiger partial charge >= 0.3 is 0 Å². The lowest BCUT2D eigenvalue weighted by Crippen LogP contribution is -2.65.